The SMILES string of the molecule is Cc1cc(CNC(=O)Cn2cnc(-c3ccc(F)cc3)cc2=O)ncn1. The van der Waals surface area contributed by atoms with Crippen molar-refractivity contribution in [3.8, 4) is 11.3 Å². The number of benzene rings is 1. The summed E-state index contributed by atoms with van der Waals surface area (Å²) in [4.78, 5) is 36.4. The highest BCUT2D eigenvalue weighted by atomic mass is 19.1. The number of rotatable bonds is 5. The minimum Gasteiger partial charge on any atom is -0.349 e. The van der Waals surface area contributed by atoms with Crippen LogP contribution >= 0.6 is 0 Å². The molecule has 132 valence electrons. The van der Waals surface area contributed by atoms with Gasteiger partial charge in [-0.05, 0) is 37.3 Å². The largest absolute Gasteiger partial charge is 0.349 e. The summed E-state index contributed by atoms with van der Waals surface area (Å²) in [5, 5.41) is 2.70. The first-order chi connectivity index (χ1) is 12.5. The van der Waals surface area contributed by atoms with Gasteiger partial charge in [0.1, 0.15) is 18.7 Å². The third-order valence-electron chi connectivity index (χ3n) is 3.66. The Morgan fingerprint density at radius 2 is 1.92 bits per heavy atom. The molecule has 0 aliphatic rings. The van der Waals surface area contributed by atoms with Crippen LogP contribution in [-0.2, 0) is 17.9 Å². The molecule has 2 aromatic heterocycles. The molecule has 0 fully saturated rings. The first-order valence-electron chi connectivity index (χ1n) is 7.88. The highest BCUT2D eigenvalue weighted by Crippen LogP contribution is 2.14. The van der Waals surface area contributed by atoms with Crippen molar-refractivity contribution in [2.75, 3.05) is 0 Å². The van der Waals surface area contributed by atoms with Crippen molar-refractivity contribution in [1.29, 1.82) is 0 Å². The molecule has 0 saturated heterocycles. The molecule has 0 radical (unpaired) electrons. The number of amides is 1. The van der Waals surface area contributed by atoms with Gasteiger partial charge in [-0.2, -0.15) is 0 Å². The first-order valence-corrected chi connectivity index (χ1v) is 7.88. The number of carbonyl (C=O) groups excluding carboxylic acids is 1. The predicted octanol–water partition coefficient (Wildman–Crippen LogP) is 1.46. The average Bonchev–Trinajstić information content (AvgIpc) is 2.62. The predicted molar refractivity (Wildman–Crippen MR) is 92.5 cm³/mol. The van der Waals surface area contributed by atoms with Gasteiger partial charge in [0.2, 0.25) is 5.91 Å². The van der Waals surface area contributed by atoms with Crippen molar-refractivity contribution < 1.29 is 9.18 Å². The number of carbonyl (C=O) groups is 1. The van der Waals surface area contributed by atoms with Crippen LogP contribution in [0.15, 0.2) is 53.8 Å². The van der Waals surface area contributed by atoms with E-state index in [1.807, 2.05) is 6.92 Å². The molecule has 0 aliphatic carbocycles. The van der Waals surface area contributed by atoms with Crippen molar-refractivity contribution in [3.05, 3.63) is 76.6 Å². The molecule has 1 aromatic carbocycles. The molecular weight excluding hydrogens is 337 g/mol. The Kier molecular flexibility index (Phi) is 5.12. The molecule has 0 unspecified atom stereocenters. The highest BCUT2D eigenvalue weighted by Gasteiger charge is 2.08. The van der Waals surface area contributed by atoms with Crippen molar-refractivity contribution in [2.24, 2.45) is 0 Å². The normalized spacial score (nSPS) is 10.5. The van der Waals surface area contributed by atoms with Crippen molar-refractivity contribution in [1.82, 2.24) is 24.8 Å². The second-order valence-corrected chi connectivity index (χ2v) is 5.67. The van der Waals surface area contributed by atoms with E-state index in [1.165, 1.54) is 47.6 Å². The fourth-order valence-electron chi connectivity index (χ4n) is 2.33. The quantitative estimate of drug-likeness (QED) is 0.750. The standard InChI is InChI=1S/C18H16FN5O2/c1-12-6-15(22-10-21-12)8-20-17(25)9-24-11-23-16(7-18(24)26)13-2-4-14(19)5-3-13/h2-7,10-11H,8-9H2,1H3,(H,20,25). The van der Waals surface area contributed by atoms with Crippen LogP contribution in [-0.4, -0.2) is 25.4 Å². The molecule has 7 nitrogen and oxygen atoms in total. The van der Waals surface area contributed by atoms with Gasteiger partial charge in [-0.15, -0.1) is 0 Å². The van der Waals surface area contributed by atoms with Gasteiger partial charge >= 0.3 is 0 Å². The highest BCUT2D eigenvalue weighted by molar-refractivity contribution is 5.75. The van der Waals surface area contributed by atoms with Gasteiger partial charge in [-0.25, -0.2) is 19.3 Å². The van der Waals surface area contributed by atoms with E-state index in [2.05, 4.69) is 20.3 Å². The summed E-state index contributed by atoms with van der Waals surface area (Å²) < 4.78 is 14.2. The first kappa shape index (κ1) is 17.4. The Hall–Kier alpha value is -3.42. The van der Waals surface area contributed by atoms with Crippen LogP contribution in [0.2, 0.25) is 0 Å². The molecule has 0 spiro atoms. The van der Waals surface area contributed by atoms with Gasteiger partial charge in [0, 0.05) is 17.3 Å². The average molecular weight is 353 g/mol. The van der Waals surface area contributed by atoms with Crippen molar-refractivity contribution >= 4 is 5.91 Å². The van der Waals surface area contributed by atoms with E-state index in [0.29, 0.717) is 17.0 Å². The maximum Gasteiger partial charge on any atom is 0.254 e. The molecule has 8 heteroatoms. The Labute approximate surface area is 148 Å². The van der Waals surface area contributed by atoms with Gasteiger partial charge in [0.05, 0.1) is 24.3 Å². The number of hydrogen-bond acceptors (Lipinski definition) is 5. The molecule has 0 atom stereocenters. The summed E-state index contributed by atoms with van der Waals surface area (Å²) in [5.74, 6) is -0.697. The van der Waals surface area contributed by atoms with E-state index in [1.54, 1.807) is 6.07 Å². The summed E-state index contributed by atoms with van der Waals surface area (Å²) in [6, 6.07) is 8.76. The van der Waals surface area contributed by atoms with Crippen LogP contribution in [0.1, 0.15) is 11.4 Å². The molecule has 1 amide bonds. The van der Waals surface area contributed by atoms with Crippen LogP contribution in [0.3, 0.4) is 0 Å². The number of aryl methyl sites for hydroxylation is 1. The van der Waals surface area contributed by atoms with Crippen LogP contribution in [0, 0.1) is 12.7 Å². The Bertz CT molecular complexity index is 985. The molecule has 0 bridgehead atoms. The van der Waals surface area contributed by atoms with Crippen molar-refractivity contribution in [2.45, 2.75) is 20.0 Å². The van der Waals surface area contributed by atoms with E-state index in [9.17, 15) is 14.0 Å². The number of hydrogen-bond donors (Lipinski definition) is 1. The van der Waals surface area contributed by atoms with Gasteiger partial charge in [0.25, 0.3) is 5.56 Å². The van der Waals surface area contributed by atoms with Gasteiger partial charge in [-0.3, -0.25) is 14.2 Å². The van der Waals surface area contributed by atoms with Crippen LogP contribution in [0.4, 0.5) is 4.39 Å². The van der Waals surface area contributed by atoms with E-state index in [-0.39, 0.29) is 30.4 Å². The van der Waals surface area contributed by atoms with Crippen LogP contribution < -0.4 is 10.9 Å². The fraction of sp³-hybridized carbons (Fsp3) is 0.167. The van der Waals surface area contributed by atoms with Crippen LogP contribution in [0.5, 0.6) is 0 Å². The number of halogens is 1. The summed E-state index contributed by atoms with van der Waals surface area (Å²) in [5.41, 5.74) is 2.17. The molecule has 3 aromatic rings. The third kappa shape index (κ3) is 4.35. The van der Waals surface area contributed by atoms with E-state index in [0.717, 1.165) is 5.69 Å². The molecule has 0 saturated carbocycles. The molecule has 1 N–H and O–H groups in total. The molecule has 26 heavy (non-hydrogen) atoms. The number of nitrogens with one attached hydrogen (secondary N) is 1. The number of nitrogens with zero attached hydrogens (tertiary/aromatic N) is 4. The molecule has 2 heterocycles. The fourth-order valence-corrected chi connectivity index (χ4v) is 2.33. The van der Waals surface area contributed by atoms with E-state index in [4.69, 9.17) is 0 Å². The Morgan fingerprint density at radius 3 is 2.62 bits per heavy atom. The lowest BCUT2D eigenvalue weighted by atomic mass is 10.1. The van der Waals surface area contributed by atoms with Gasteiger partial charge in [-0.1, -0.05) is 0 Å². The number of aromatic nitrogens is 4. The Morgan fingerprint density at radius 1 is 1.15 bits per heavy atom. The lowest BCUT2D eigenvalue weighted by Crippen LogP contribution is -2.32. The lowest BCUT2D eigenvalue weighted by Gasteiger charge is -2.08. The lowest BCUT2D eigenvalue weighted by molar-refractivity contribution is -0.121. The maximum atomic E-state index is 13.0. The molecule has 3 rings (SSSR count). The summed E-state index contributed by atoms with van der Waals surface area (Å²) in [6.45, 7) is 1.93. The summed E-state index contributed by atoms with van der Waals surface area (Å²) in [7, 11) is 0. The summed E-state index contributed by atoms with van der Waals surface area (Å²) >= 11 is 0. The zero-order valence-corrected chi connectivity index (χ0v) is 14.0. The third-order valence-corrected chi connectivity index (χ3v) is 3.66. The molecule has 0 aliphatic heterocycles. The zero-order chi connectivity index (χ0) is 18.5. The maximum absolute atomic E-state index is 13.0. The second-order valence-electron chi connectivity index (χ2n) is 5.67. The second kappa shape index (κ2) is 7.64. The van der Waals surface area contributed by atoms with E-state index >= 15 is 0 Å². The van der Waals surface area contributed by atoms with Crippen LogP contribution in [0.25, 0.3) is 11.3 Å². The van der Waals surface area contributed by atoms with Gasteiger partial charge in [0.15, 0.2) is 0 Å². The monoisotopic (exact) mass is 353 g/mol. The summed E-state index contributed by atoms with van der Waals surface area (Å²) in [6.07, 6.45) is 2.73. The van der Waals surface area contributed by atoms with Gasteiger partial charge < -0.3 is 5.32 Å². The zero-order valence-electron chi connectivity index (χ0n) is 14.0. The minimum atomic E-state index is -0.368. The van der Waals surface area contributed by atoms with Crippen molar-refractivity contribution in [3.63, 3.8) is 0 Å². The topological polar surface area (TPSA) is 89.8 Å². The Balaban J connectivity index is 1.65. The van der Waals surface area contributed by atoms with E-state index < -0.39 is 0 Å². The smallest absolute Gasteiger partial charge is 0.254 e. The molecular formula is C18H16FN5O2. The minimum absolute atomic E-state index is 0.153.